The molecular weight excluding hydrogens is 188 g/mol. The Morgan fingerprint density at radius 3 is 2.80 bits per heavy atom. The normalized spacial score (nSPS) is 15.5. The maximum Gasteiger partial charge on any atom is 0.144 e. The van der Waals surface area contributed by atoms with Gasteiger partial charge in [0.15, 0.2) is 0 Å². The zero-order chi connectivity index (χ0) is 10.8. The van der Waals surface area contributed by atoms with Crippen LogP contribution >= 0.6 is 0 Å². The molecule has 0 spiro atoms. The second-order valence-electron chi connectivity index (χ2n) is 3.92. The Morgan fingerprint density at radius 1 is 1.53 bits per heavy atom. The van der Waals surface area contributed by atoms with E-state index < -0.39 is 0 Å². The molecule has 4 heteroatoms. The van der Waals surface area contributed by atoms with E-state index in [0.717, 1.165) is 30.2 Å². The van der Waals surface area contributed by atoms with Crippen molar-refractivity contribution in [2.24, 2.45) is 0 Å². The average molecular weight is 202 g/mol. The van der Waals surface area contributed by atoms with E-state index in [2.05, 4.69) is 21.7 Å². The first kappa shape index (κ1) is 9.94. The summed E-state index contributed by atoms with van der Waals surface area (Å²) in [5.41, 5.74) is 2.59. The summed E-state index contributed by atoms with van der Waals surface area (Å²) in [5, 5.41) is 15.5. The van der Waals surface area contributed by atoms with Crippen molar-refractivity contribution in [2.45, 2.75) is 19.9 Å². The zero-order valence-electron chi connectivity index (χ0n) is 8.96. The van der Waals surface area contributed by atoms with Gasteiger partial charge in [-0.2, -0.15) is 5.26 Å². The molecule has 2 heterocycles. The van der Waals surface area contributed by atoms with Gasteiger partial charge in [0.25, 0.3) is 0 Å². The summed E-state index contributed by atoms with van der Waals surface area (Å²) in [6.07, 6.45) is 0. The number of nitriles is 1. The van der Waals surface area contributed by atoms with Gasteiger partial charge in [0.2, 0.25) is 0 Å². The van der Waals surface area contributed by atoms with E-state index >= 15 is 0 Å². The highest BCUT2D eigenvalue weighted by molar-refractivity contribution is 5.57. The maximum absolute atomic E-state index is 9.05. The molecule has 1 fully saturated rings. The molecule has 1 aromatic rings. The Hall–Kier alpha value is -1.60. The van der Waals surface area contributed by atoms with Gasteiger partial charge in [-0.1, -0.05) is 0 Å². The SMILES string of the molecule is Cc1cc(C)c(C#N)c(NC2CNC2)n1. The highest BCUT2D eigenvalue weighted by Crippen LogP contribution is 2.18. The molecule has 15 heavy (non-hydrogen) atoms. The van der Waals surface area contributed by atoms with Gasteiger partial charge in [-0.25, -0.2) is 4.98 Å². The first-order chi connectivity index (χ1) is 7.20. The molecule has 1 saturated heterocycles. The van der Waals surface area contributed by atoms with Crippen molar-refractivity contribution >= 4 is 5.82 Å². The van der Waals surface area contributed by atoms with Crippen molar-refractivity contribution in [2.75, 3.05) is 18.4 Å². The van der Waals surface area contributed by atoms with E-state index in [1.165, 1.54) is 0 Å². The van der Waals surface area contributed by atoms with Gasteiger partial charge in [0.1, 0.15) is 11.9 Å². The monoisotopic (exact) mass is 202 g/mol. The lowest BCUT2D eigenvalue weighted by Gasteiger charge is -2.29. The summed E-state index contributed by atoms with van der Waals surface area (Å²) >= 11 is 0. The Morgan fingerprint density at radius 2 is 2.27 bits per heavy atom. The highest BCUT2D eigenvalue weighted by atomic mass is 15.1. The first-order valence-corrected chi connectivity index (χ1v) is 5.06. The molecule has 0 saturated carbocycles. The molecular formula is C11H14N4. The average Bonchev–Trinajstić information content (AvgIpc) is 2.10. The van der Waals surface area contributed by atoms with Crippen LogP contribution in [0.2, 0.25) is 0 Å². The number of pyridine rings is 1. The number of rotatable bonds is 2. The van der Waals surface area contributed by atoms with E-state index in [1.807, 2.05) is 19.9 Å². The van der Waals surface area contributed by atoms with Crippen LogP contribution in [-0.2, 0) is 0 Å². The van der Waals surface area contributed by atoms with Crippen LogP contribution in [-0.4, -0.2) is 24.1 Å². The van der Waals surface area contributed by atoms with Gasteiger partial charge < -0.3 is 10.6 Å². The molecule has 0 aromatic carbocycles. The van der Waals surface area contributed by atoms with Crippen LogP contribution in [0.15, 0.2) is 6.07 Å². The van der Waals surface area contributed by atoms with Gasteiger partial charge in [0, 0.05) is 18.8 Å². The highest BCUT2D eigenvalue weighted by Gasteiger charge is 2.19. The molecule has 0 atom stereocenters. The second kappa shape index (κ2) is 3.87. The summed E-state index contributed by atoms with van der Waals surface area (Å²) in [6.45, 7) is 5.77. The van der Waals surface area contributed by atoms with E-state index in [9.17, 15) is 0 Å². The fourth-order valence-electron chi connectivity index (χ4n) is 1.67. The van der Waals surface area contributed by atoms with Gasteiger partial charge in [-0.05, 0) is 25.5 Å². The Bertz CT molecular complexity index is 415. The Balaban J connectivity index is 2.31. The molecule has 0 amide bonds. The molecule has 2 rings (SSSR count). The molecule has 0 unspecified atom stereocenters. The number of hydrogen-bond donors (Lipinski definition) is 2. The van der Waals surface area contributed by atoms with Crippen LogP contribution < -0.4 is 10.6 Å². The summed E-state index contributed by atoms with van der Waals surface area (Å²) in [4.78, 5) is 4.37. The van der Waals surface area contributed by atoms with Crippen LogP contribution in [0.4, 0.5) is 5.82 Å². The van der Waals surface area contributed by atoms with Crippen molar-refractivity contribution in [3.05, 3.63) is 22.9 Å². The lowest BCUT2D eigenvalue weighted by Crippen LogP contribution is -2.51. The van der Waals surface area contributed by atoms with Crippen molar-refractivity contribution in [1.29, 1.82) is 5.26 Å². The second-order valence-corrected chi connectivity index (χ2v) is 3.92. The predicted molar refractivity (Wildman–Crippen MR) is 58.7 cm³/mol. The zero-order valence-corrected chi connectivity index (χ0v) is 8.96. The molecule has 0 radical (unpaired) electrons. The van der Waals surface area contributed by atoms with Crippen molar-refractivity contribution < 1.29 is 0 Å². The molecule has 1 aliphatic heterocycles. The molecule has 2 N–H and O–H groups in total. The van der Waals surface area contributed by atoms with E-state index in [4.69, 9.17) is 5.26 Å². The number of anilines is 1. The van der Waals surface area contributed by atoms with Crippen LogP contribution in [0.5, 0.6) is 0 Å². The van der Waals surface area contributed by atoms with E-state index in [0.29, 0.717) is 11.6 Å². The third kappa shape index (κ3) is 1.92. The quantitative estimate of drug-likeness (QED) is 0.749. The summed E-state index contributed by atoms with van der Waals surface area (Å²) < 4.78 is 0. The van der Waals surface area contributed by atoms with Crippen LogP contribution in [0.3, 0.4) is 0 Å². The maximum atomic E-state index is 9.05. The van der Waals surface area contributed by atoms with Crippen molar-refractivity contribution in [3.8, 4) is 6.07 Å². The van der Waals surface area contributed by atoms with Gasteiger partial charge in [-0.15, -0.1) is 0 Å². The number of nitrogens with zero attached hydrogens (tertiary/aromatic N) is 2. The lowest BCUT2D eigenvalue weighted by molar-refractivity contribution is 0.471. The molecule has 1 aliphatic rings. The van der Waals surface area contributed by atoms with E-state index in [1.54, 1.807) is 0 Å². The predicted octanol–water partition coefficient (Wildman–Crippen LogP) is 0.954. The number of aromatic nitrogens is 1. The molecule has 0 bridgehead atoms. The van der Waals surface area contributed by atoms with Crippen LogP contribution in [0.1, 0.15) is 16.8 Å². The lowest BCUT2D eigenvalue weighted by atomic mass is 10.1. The van der Waals surface area contributed by atoms with Crippen LogP contribution in [0, 0.1) is 25.2 Å². The minimum Gasteiger partial charge on any atom is -0.364 e. The fourth-order valence-corrected chi connectivity index (χ4v) is 1.67. The third-order valence-corrected chi connectivity index (χ3v) is 2.58. The molecule has 78 valence electrons. The molecule has 4 nitrogen and oxygen atoms in total. The molecule has 1 aromatic heterocycles. The smallest absolute Gasteiger partial charge is 0.144 e. The van der Waals surface area contributed by atoms with Gasteiger partial charge in [-0.3, -0.25) is 0 Å². The third-order valence-electron chi connectivity index (χ3n) is 2.58. The largest absolute Gasteiger partial charge is 0.364 e. The Kier molecular flexibility index (Phi) is 2.57. The van der Waals surface area contributed by atoms with E-state index in [-0.39, 0.29) is 0 Å². The van der Waals surface area contributed by atoms with Crippen molar-refractivity contribution in [1.82, 2.24) is 10.3 Å². The summed E-state index contributed by atoms with van der Waals surface area (Å²) in [6, 6.07) is 4.54. The fraction of sp³-hybridized carbons (Fsp3) is 0.455. The minimum atomic E-state index is 0.408. The first-order valence-electron chi connectivity index (χ1n) is 5.06. The van der Waals surface area contributed by atoms with Gasteiger partial charge >= 0.3 is 0 Å². The molecule has 0 aliphatic carbocycles. The number of nitrogens with one attached hydrogen (secondary N) is 2. The number of aryl methyl sites for hydroxylation is 2. The number of hydrogen-bond acceptors (Lipinski definition) is 4. The summed E-state index contributed by atoms with van der Waals surface area (Å²) in [7, 11) is 0. The van der Waals surface area contributed by atoms with Gasteiger partial charge in [0.05, 0.1) is 11.6 Å². The summed E-state index contributed by atoms with van der Waals surface area (Å²) in [5.74, 6) is 0.724. The minimum absolute atomic E-state index is 0.408. The topological polar surface area (TPSA) is 60.7 Å². The standard InChI is InChI=1S/C11H14N4/c1-7-3-8(2)14-11(10(7)4-12)15-9-5-13-6-9/h3,9,13H,5-6H2,1-2H3,(H,14,15). The van der Waals surface area contributed by atoms with Crippen molar-refractivity contribution in [3.63, 3.8) is 0 Å². The van der Waals surface area contributed by atoms with Crippen LogP contribution in [0.25, 0.3) is 0 Å². The Labute approximate surface area is 89.3 Å².